The van der Waals surface area contributed by atoms with Gasteiger partial charge in [0.1, 0.15) is 0 Å². The highest BCUT2D eigenvalue weighted by molar-refractivity contribution is 5.54. The number of hydrogen-bond donors (Lipinski definition) is 1. The van der Waals surface area contributed by atoms with Gasteiger partial charge in [0.25, 0.3) is 0 Å². The summed E-state index contributed by atoms with van der Waals surface area (Å²) >= 11 is 0. The number of para-hydroxylation sites is 1. The molecule has 1 unspecified atom stereocenters. The van der Waals surface area contributed by atoms with Crippen LogP contribution < -0.4 is 10.6 Å². The Labute approximate surface area is 112 Å². The van der Waals surface area contributed by atoms with Gasteiger partial charge >= 0.3 is 0 Å². The summed E-state index contributed by atoms with van der Waals surface area (Å²) in [6.07, 6.45) is 3.18. The van der Waals surface area contributed by atoms with Crippen LogP contribution in [-0.2, 0) is 6.42 Å². The van der Waals surface area contributed by atoms with E-state index in [0.717, 1.165) is 19.4 Å². The molecular weight excluding hydrogens is 220 g/mol. The molecule has 0 fully saturated rings. The number of hydrogen-bond acceptors (Lipinski definition) is 2. The number of benzene rings is 1. The first-order valence-electron chi connectivity index (χ1n) is 7.20. The van der Waals surface area contributed by atoms with Crippen molar-refractivity contribution >= 4 is 5.69 Å². The Kier molecular flexibility index (Phi) is 6.20. The largest absolute Gasteiger partial charge is 0.369 e. The van der Waals surface area contributed by atoms with Crippen molar-refractivity contribution in [2.24, 2.45) is 5.73 Å². The molecule has 0 bridgehead atoms. The van der Waals surface area contributed by atoms with Gasteiger partial charge in [-0.15, -0.1) is 0 Å². The van der Waals surface area contributed by atoms with Gasteiger partial charge in [-0.25, -0.2) is 0 Å². The van der Waals surface area contributed by atoms with Gasteiger partial charge in [-0.2, -0.15) is 0 Å². The summed E-state index contributed by atoms with van der Waals surface area (Å²) in [5, 5.41) is 0. The van der Waals surface area contributed by atoms with Crippen molar-refractivity contribution in [1.29, 1.82) is 0 Å². The van der Waals surface area contributed by atoms with Gasteiger partial charge in [0.2, 0.25) is 0 Å². The van der Waals surface area contributed by atoms with Gasteiger partial charge in [0.15, 0.2) is 0 Å². The Morgan fingerprint density at radius 1 is 1.17 bits per heavy atom. The Balaban J connectivity index is 2.98. The second kappa shape index (κ2) is 7.42. The maximum Gasteiger partial charge on any atom is 0.0401 e. The summed E-state index contributed by atoms with van der Waals surface area (Å²) in [4.78, 5) is 2.48. The molecule has 0 aliphatic heterocycles. The van der Waals surface area contributed by atoms with Crippen LogP contribution in [0.5, 0.6) is 0 Å². The predicted molar refractivity (Wildman–Crippen MR) is 81.2 cm³/mol. The molecule has 1 aromatic rings. The maximum atomic E-state index is 6.11. The third-order valence-electron chi connectivity index (χ3n) is 3.40. The molecule has 0 radical (unpaired) electrons. The van der Waals surface area contributed by atoms with E-state index in [2.05, 4.69) is 56.9 Å². The highest BCUT2D eigenvalue weighted by Crippen LogP contribution is 2.24. The highest BCUT2D eigenvalue weighted by atomic mass is 15.1. The molecular formula is C16H28N2. The fraction of sp³-hybridized carbons (Fsp3) is 0.625. The van der Waals surface area contributed by atoms with E-state index in [1.54, 1.807) is 0 Å². The molecule has 0 aromatic heterocycles. The van der Waals surface area contributed by atoms with Crippen LogP contribution in [0.1, 0.15) is 46.1 Å². The molecule has 0 aliphatic rings. The average Bonchev–Trinajstić information content (AvgIpc) is 2.36. The van der Waals surface area contributed by atoms with Crippen LogP contribution in [0.4, 0.5) is 5.69 Å². The van der Waals surface area contributed by atoms with Crippen molar-refractivity contribution in [2.45, 2.75) is 59.0 Å². The van der Waals surface area contributed by atoms with Crippen LogP contribution in [0.3, 0.4) is 0 Å². The van der Waals surface area contributed by atoms with E-state index in [-0.39, 0.29) is 6.04 Å². The van der Waals surface area contributed by atoms with Gasteiger partial charge in [0.05, 0.1) is 0 Å². The van der Waals surface area contributed by atoms with Crippen LogP contribution >= 0.6 is 0 Å². The van der Waals surface area contributed by atoms with Crippen molar-refractivity contribution in [3.63, 3.8) is 0 Å². The molecule has 1 aromatic carbocycles. The van der Waals surface area contributed by atoms with Gasteiger partial charge in [-0.3, -0.25) is 0 Å². The summed E-state index contributed by atoms with van der Waals surface area (Å²) in [5.41, 5.74) is 8.85. The van der Waals surface area contributed by atoms with E-state index in [1.807, 2.05) is 0 Å². The Morgan fingerprint density at radius 2 is 1.83 bits per heavy atom. The van der Waals surface area contributed by atoms with Gasteiger partial charge < -0.3 is 10.6 Å². The summed E-state index contributed by atoms with van der Waals surface area (Å²) in [6.45, 7) is 10.0. The van der Waals surface area contributed by atoms with E-state index >= 15 is 0 Å². The van der Waals surface area contributed by atoms with Crippen molar-refractivity contribution < 1.29 is 0 Å². The Morgan fingerprint density at radius 3 is 2.39 bits per heavy atom. The molecule has 18 heavy (non-hydrogen) atoms. The van der Waals surface area contributed by atoms with Gasteiger partial charge in [0, 0.05) is 24.3 Å². The molecule has 1 atom stereocenters. The van der Waals surface area contributed by atoms with Crippen molar-refractivity contribution in [3.8, 4) is 0 Å². The number of nitrogens with zero attached hydrogens (tertiary/aromatic N) is 1. The summed E-state index contributed by atoms with van der Waals surface area (Å²) in [6, 6.07) is 9.49. The Hall–Kier alpha value is -1.02. The molecule has 1 rings (SSSR count). The van der Waals surface area contributed by atoms with E-state index in [4.69, 9.17) is 5.73 Å². The van der Waals surface area contributed by atoms with E-state index in [1.165, 1.54) is 17.7 Å². The minimum atomic E-state index is 0.266. The number of rotatable bonds is 7. The van der Waals surface area contributed by atoms with Crippen LogP contribution in [0.2, 0.25) is 0 Å². The van der Waals surface area contributed by atoms with Crippen molar-refractivity contribution in [3.05, 3.63) is 29.8 Å². The highest BCUT2D eigenvalue weighted by Gasteiger charge is 2.14. The maximum absolute atomic E-state index is 6.11. The van der Waals surface area contributed by atoms with E-state index in [0.29, 0.717) is 6.04 Å². The van der Waals surface area contributed by atoms with Crippen molar-refractivity contribution in [1.82, 2.24) is 0 Å². The van der Waals surface area contributed by atoms with Crippen molar-refractivity contribution in [2.75, 3.05) is 11.4 Å². The summed E-state index contributed by atoms with van der Waals surface area (Å²) < 4.78 is 0. The summed E-state index contributed by atoms with van der Waals surface area (Å²) in [7, 11) is 0. The van der Waals surface area contributed by atoms with Crippen LogP contribution in [0.25, 0.3) is 0 Å². The molecule has 102 valence electrons. The first kappa shape index (κ1) is 15.0. The topological polar surface area (TPSA) is 29.3 Å². The molecule has 0 aliphatic carbocycles. The zero-order valence-corrected chi connectivity index (χ0v) is 12.3. The first-order chi connectivity index (χ1) is 8.60. The number of nitrogens with two attached hydrogens (primary N) is 1. The van der Waals surface area contributed by atoms with E-state index < -0.39 is 0 Å². The molecule has 0 saturated heterocycles. The standard InChI is InChI=1S/C16H28N2/c1-5-11-18(13(3)4)16-10-8-7-9-14(16)12-15(17)6-2/h7-10,13,15H,5-6,11-12,17H2,1-4H3. The molecule has 0 heterocycles. The molecule has 2 N–H and O–H groups in total. The minimum Gasteiger partial charge on any atom is -0.369 e. The van der Waals surface area contributed by atoms with Crippen LogP contribution in [0, 0.1) is 0 Å². The second-order valence-corrected chi connectivity index (χ2v) is 5.29. The van der Waals surface area contributed by atoms with E-state index in [9.17, 15) is 0 Å². The lowest BCUT2D eigenvalue weighted by molar-refractivity contribution is 0.633. The second-order valence-electron chi connectivity index (χ2n) is 5.29. The minimum absolute atomic E-state index is 0.266. The van der Waals surface area contributed by atoms with Crippen LogP contribution in [0.15, 0.2) is 24.3 Å². The molecule has 0 amide bonds. The lowest BCUT2D eigenvalue weighted by Gasteiger charge is -2.31. The van der Waals surface area contributed by atoms with Gasteiger partial charge in [-0.05, 0) is 44.7 Å². The smallest absolute Gasteiger partial charge is 0.0401 e. The SMILES string of the molecule is CCCN(c1ccccc1CC(N)CC)C(C)C. The first-order valence-corrected chi connectivity index (χ1v) is 7.20. The fourth-order valence-electron chi connectivity index (χ4n) is 2.29. The third kappa shape index (κ3) is 4.02. The Bertz CT molecular complexity index is 347. The normalized spacial score (nSPS) is 12.8. The fourth-order valence-corrected chi connectivity index (χ4v) is 2.29. The number of anilines is 1. The average molecular weight is 248 g/mol. The lowest BCUT2D eigenvalue weighted by Crippen LogP contribution is -2.33. The molecule has 2 nitrogen and oxygen atoms in total. The van der Waals surface area contributed by atoms with Crippen LogP contribution in [-0.4, -0.2) is 18.6 Å². The zero-order chi connectivity index (χ0) is 13.5. The monoisotopic (exact) mass is 248 g/mol. The van der Waals surface area contributed by atoms with Gasteiger partial charge in [-0.1, -0.05) is 32.0 Å². The third-order valence-corrected chi connectivity index (χ3v) is 3.40. The lowest BCUT2D eigenvalue weighted by atomic mass is 10.0. The molecule has 2 heteroatoms. The molecule has 0 saturated carbocycles. The zero-order valence-electron chi connectivity index (χ0n) is 12.3. The predicted octanol–water partition coefficient (Wildman–Crippen LogP) is 3.59. The summed E-state index contributed by atoms with van der Waals surface area (Å²) in [5.74, 6) is 0. The molecule has 0 spiro atoms. The quantitative estimate of drug-likeness (QED) is 0.799.